The lowest BCUT2D eigenvalue weighted by Gasteiger charge is -2.40. The molecule has 0 aromatic carbocycles. The third kappa shape index (κ3) is 1.20. The van der Waals surface area contributed by atoms with E-state index in [9.17, 15) is 5.11 Å². The minimum atomic E-state index is -0.321. The number of hydrogen-bond acceptors (Lipinski definition) is 1. The van der Waals surface area contributed by atoms with E-state index in [-0.39, 0.29) is 5.60 Å². The van der Waals surface area contributed by atoms with Gasteiger partial charge in [0, 0.05) is 0 Å². The van der Waals surface area contributed by atoms with E-state index in [1.54, 1.807) is 0 Å². The molecule has 0 unspecified atom stereocenters. The summed E-state index contributed by atoms with van der Waals surface area (Å²) >= 11 is 0. The standard InChI is InChI=1S/C9H18O/c1-3-9(10,4-2)8-6-5-7-8/h8,10H,3-7H2,1-2H3. The number of rotatable bonds is 3. The Balaban J connectivity index is 2.44. The number of hydrogen-bond donors (Lipinski definition) is 1. The Labute approximate surface area is 63.4 Å². The molecule has 1 aliphatic carbocycles. The summed E-state index contributed by atoms with van der Waals surface area (Å²) in [6, 6.07) is 0. The van der Waals surface area contributed by atoms with Gasteiger partial charge in [0.25, 0.3) is 0 Å². The maximum absolute atomic E-state index is 9.95. The van der Waals surface area contributed by atoms with Crippen LogP contribution in [0.2, 0.25) is 0 Å². The molecule has 1 rings (SSSR count). The topological polar surface area (TPSA) is 20.2 Å². The van der Waals surface area contributed by atoms with Gasteiger partial charge in [-0.25, -0.2) is 0 Å². The van der Waals surface area contributed by atoms with Gasteiger partial charge in [0.1, 0.15) is 0 Å². The van der Waals surface area contributed by atoms with Crippen LogP contribution in [0.25, 0.3) is 0 Å². The van der Waals surface area contributed by atoms with Crippen LogP contribution in [0.15, 0.2) is 0 Å². The molecule has 1 saturated carbocycles. The Bertz CT molecular complexity index is 101. The van der Waals surface area contributed by atoms with Crippen LogP contribution >= 0.6 is 0 Å². The first kappa shape index (κ1) is 8.06. The smallest absolute Gasteiger partial charge is 0.0670 e. The quantitative estimate of drug-likeness (QED) is 0.641. The van der Waals surface area contributed by atoms with E-state index in [1.807, 2.05) is 0 Å². The second-order valence-electron chi connectivity index (χ2n) is 3.44. The molecule has 0 aliphatic heterocycles. The minimum Gasteiger partial charge on any atom is -0.390 e. The average Bonchev–Trinajstić information content (AvgIpc) is 1.84. The number of aliphatic hydroxyl groups is 1. The van der Waals surface area contributed by atoms with E-state index in [2.05, 4.69) is 13.8 Å². The van der Waals surface area contributed by atoms with Gasteiger partial charge in [-0.1, -0.05) is 20.3 Å². The molecule has 0 spiro atoms. The van der Waals surface area contributed by atoms with Crippen molar-refractivity contribution in [3.63, 3.8) is 0 Å². The van der Waals surface area contributed by atoms with Crippen LogP contribution < -0.4 is 0 Å². The second-order valence-corrected chi connectivity index (χ2v) is 3.44. The zero-order chi connectivity index (χ0) is 7.61. The summed E-state index contributed by atoms with van der Waals surface area (Å²) in [6.07, 6.45) is 5.67. The molecule has 0 aromatic rings. The van der Waals surface area contributed by atoms with Gasteiger partial charge < -0.3 is 5.11 Å². The van der Waals surface area contributed by atoms with Crippen LogP contribution in [0, 0.1) is 5.92 Å². The highest BCUT2D eigenvalue weighted by Crippen LogP contribution is 2.39. The third-order valence-electron chi connectivity index (χ3n) is 3.09. The summed E-state index contributed by atoms with van der Waals surface area (Å²) < 4.78 is 0. The minimum absolute atomic E-state index is 0.321. The van der Waals surface area contributed by atoms with E-state index < -0.39 is 0 Å². The van der Waals surface area contributed by atoms with Gasteiger partial charge in [0.15, 0.2) is 0 Å². The fourth-order valence-electron chi connectivity index (χ4n) is 1.77. The van der Waals surface area contributed by atoms with Crippen molar-refractivity contribution in [2.45, 2.75) is 51.6 Å². The fourth-order valence-corrected chi connectivity index (χ4v) is 1.77. The highest BCUT2D eigenvalue weighted by molar-refractivity contribution is 4.88. The van der Waals surface area contributed by atoms with Gasteiger partial charge in [0.05, 0.1) is 5.60 Å². The normalized spacial score (nSPS) is 20.7. The summed E-state index contributed by atoms with van der Waals surface area (Å²) in [5.41, 5.74) is -0.321. The van der Waals surface area contributed by atoms with Gasteiger partial charge in [0.2, 0.25) is 0 Å². The lowest BCUT2D eigenvalue weighted by Crippen LogP contribution is -2.40. The largest absolute Gasteiger partial charge is 0.390 e. The van der Waals surface area contributed by atoms with Gasteiger partial charge in [-0.15, -0.1) is 0 Å². The summed E-state index contributed by atoms with van der Waals surface area (Å²) in [5, 5.41) is 9.95. The van der Waals surface area contributed by atoms with Crippen LogP contribution in [0.5, 0.6) is 0 Å². The van der Waals surface area contributed by atoms with Crippen LogP contribution in [0.3, 0.4) is 0 Å². The molecular formula is C9H18O. The van der Waals surface area contributed by atoms with Crippen molar-refractivity contribution in [3.8, 4) is 0 Å². The van der Waals surface area contributed by atoms with E-state index in [1.165, 1.54) is 19.3 Å². The van der Waals surface area contributed by atoms with E-state index in [4.69, 9.17) is 0 Å². The molecule has 0 amide bonds. The first-order chi connectivity index (χ1) is 4.73. The third-order valence-corrected chi connectivity index (χ3v) is 3.09. The molecule has 1 fully saturated rings. The van der Waals surface area contributed by atoms with Gasteiger partial charge in [-0.2, -0.15) is 0 Å². The van der Waals surface area contributed by atoms with Crippen molar-refractivity contribution in [3.05, 3.63) is 0 Å². The van der Waals surface area contributed by atoms with Crippen LogP contribution in [0.1, 0.15) is 46.0 Å². The Morgan fingerprint density at radius 2 is 1.80 bits per heavy atom. The van der Waals surface area contributed by atoms with Gasteiger partial charge in [-0.05, 0) is 31.6 Å². The van der Waals surface area contributed by atoms with Crippen molar-refractivity contribution < 1.29 is 5.11 Å². The molecule has 1 N–H and O–H groups in total. The van der Waals surface area contributed by atoms with Crippen molar-refractivity contribution >= 4 is 0 Å². The maximum Gasteiger partial charge on any atom is 0.0670 e. The predicted molar refractivity (Wildman–Crippen MR) is 42.9 cm³/mol. The first-order valence-corrected chi connectivity index (χ1v) is 4.45. The zero-order valence-corrected chi connectivity index (χ0v) is 7.06. The molecule has 10 heavy (non-hydrogen) atoms. The molecule has 1 aliphatic rings. The Morgan fingerprint density at radius 1 is 1.30 bits per heavy atom. The van der Waals surface area contributed by atoms with Crippen molar-refractivity contribution in [1.82, 2.24) is 0 Å². The van der Waals surface area contributed by atoms with E-state index >= 15 is 0 Å². The Kier molecular flexibility index (Phi) is 2.35. The molecule has 0 radical (unpaired) electrons. The van der Waals surface area contributed by atoms with Crippen LogP contribution in [0.4, 0.5) is 0 Å². The van der Waals surface area contributed by atoms with Crippen LogP contribution in [-0.4, -0.2) is 10.7 Å². The SMILES string of the molecule is CCC(O)(CC)C1CCC1. The molecule has 0 heterocycles. The molecule has 0 saturated heterocycles. The zero-order valence-electron chi connectivity index (χ0n) is 7.06. The van der Waals surface area contributed by atoms with Crippen LogP contribution in [-0.2, 0) is 0 Å². The fraction of sp³-hybridized carbons (Fsp3) is 1.00. The van der Waals surface area contributed by atoms with Crippen molar-refractivity contribution in [2.75, 3.05) is 0 Å². The lowest BCUT2D eigenvalue weighted by molar-refractivity contribution is -0.0561. The summed E-state index contributed by atoms with van der Waals surface area (Å²) in [7, 11) is 0. The van der Waals surface area contributed by atoms with E-state index in [0.717, 1.165) is 12.8 Å². The highest BCUT2D eigenvalue weighted by Gasteiger charge is 2.36. The summed E-state index contributed by atoms with van der Waals surface area (Å²) in [4.78, 5) is 0. The van der Waals surface area contributed by atoms with Crippen molar-refractivity contribution in [1.29, 1.82) is 0 Å². The summed E-state index contributed by atoms with van der Waals surface area (Å²) in [5.74, 6) is 0.613. The predicted octanol–water partition coefficient (Wildman–Crippen LogP) is 2.34. The summed E-state index contributed by atoms with van der Waals surface area (Å²) in [6.45, 7) is 4.17. The molecule has 1 nitrogen and oxygen atoms in total. The average molecular weight is 142 g/mol. The lowest BCUT2D eigenvalue weighted by atomic mass is 9.70. The first-order valence-electron chi connectivity index (χ1n) is 4.45. The van der Waals surface area contributed by atoms with Gasteiger partial charge in [-0.3, -0.25) is 0 Å². The second kappa shape index (κ2) is 2.91. The molecule has 0 aromatic heterocycles. The van der Waals surface area contributed by atoms with E-state index in [0.29, 0.717) is 5.92 Å². The maximum atomic E-state index is 9.95. The molecule has 60 valence electrons. The van der Waals surface area contributed by atoms with Crippen molar-refractivity contribution in [2.24, 2.45) is 5.92 Å². The monoisotopic (exact) mass is 142 g/mol. The van der Waals surface area contributed by atoms with Gasteiger partial charge >= 0.3 is 0 Å². The Hall–Kier alpha value is -0.0400. The Morgan fingerprint density at radius 3 is 1.90 bits per heavy atom. The molecule has 1 heteroatoms. The highest BCUT2D eigenvalue weighted by atomic mass is 16.3. The molecule has 0 atom stereocenters. The molecular weight excluding hydrogens is 124 g/mol. The molecule has 0 bridgehead atoms.